The summed E-state index contributed by atoms with van der Waals surface area (Å²) in [5.41, 5.74) is 5.45. The predicted molar refractivity (Wildman–Crippen MR) is 183 cm³/mol. The monoisotopic (exact) mass is 714 g/mol. The second kappa shape index (κ2) is 18.1. The van der Waals surface area contributed by atoms with E-state index < -0.39 is 26.7 Å². The second-order valence-electron chi connectivity index (χ2n) is 10.4. The standard InChI is InChI=1S/C14H20BClN2O3S.C13H17ClN2O2S.2ClH/c1-15(19)18-6-3-12(4-7-18)14-13(16)9-11(10-17-14)5-8-22(2,20)21;1-19(17,18)7-4-10-8-12(14)13(16-9-10)11-2-5-15-6-3-11;;/h3,9-10,19H,4-8H2,1-2H3;2,8-9,15H,3-7H2,1H3;2*1H. The molecule has 4 heterocycles. The lowest BCUT2D eigenvalue weighted by Gasteiger charge is -2.27. The molecule has 0 atom stereocenters. The van der Waals surface area contributed by atoms with Gasteiger partial charge in [0.05, 0.1) is 32.9 Å². The fraction of sp³-hybridized carbons (Fsp3) is 0.481. The third-order valence-corrected chi connectivity index (χ3v) is 9.23. The molecule has 0 fully saturated rings. The van der Waals surface area contributed by atoms with E-state index in [-0.39, 0.29) is 36.3 Å². The van der Waals surface area contributed by atoms with E-state index in [1.165, 1.54) is 12.5 Å². The Hall–Kier alpha value is -1.22. The summed E-state index contributed by atoms with van der Waals surface area (Å²) in [6, 6.07) is 3.61. The van der Waals surface area contributed by atoms with Crippen LogP contribution in [0.25, 0.3) is 11.1 Å². The number of nitrogens with zero attached hydrogens (tertiary/aromatic N) is 3. The van der Waals surface area contributed by atoms with E-state index in [0.29, 0.717) is 29.4 Å². The highest BCUT2D eigenvalue weighted by molar-refractivity contribution is 7.90. The van der Waals surface area contributed by atoms with Gasteiger partial charge in [-0.25, -0.2) is 16.8 Å². The largest absolute Gasteiger partial charge is 0.437 e. The third-order valence-electron chi connectivity index (χ3n) is 6.76. The smallest absolute Gasteiger partial charge is 0.376 e. The predicted octanol–water partition coefficient (Wildman–Crippen LogP) is 4.06. The number of aromatic nitrogens is 2. The van der Waals surface area contributed by atoms with Gasteiger partial charge in [0.1, 0.15) is 19.7 Å². The Labute approximate surface area is 278 Å². The molecule has 0 aromatic carbocycles. The Balaban J connectivity index is 0.000000415. The molecule has 2 N–H and O–H groups in total. The number of pyridine rings is 2. The summed E-state index contributed by atoms with van der Waals surface area (Å²) >= 11 is 12.5. The summed E-state index contributed by atoms with van der Waals surface area (Å²) in [7, 11) is -6.41. The summed E-state index contributed by atoms with van der Waals surface area (Å²) in [5, 5.41) is 13.9. The Morgan fingerprint density at radius 3 is 1.72 bits per heavy atom. The van der Waals surface area contributed by atoms with Crippen LogP contribution in [-0.4, -0.2) is 93.9 Å². The van der Waals surface area contributed by atoms with E-state index in [2.05, 4.69) is 21.4 Å². The van der Waals surface area contributed by atoms with Gasteiger partial charge in [0.15, 0.2) is 0 Å². The van der Waals surface area contributed by atoms with Gasteiger partial charge in [0.2, 0.25) is 0 Å². The zero-order chi connectivity index (χ0) is 30.2. The Kier molecular flexibility index (Phi) is 16.7. The van der Waals surface area contributed by atoms with Crippen LogP contribution in [0.5, 0.6) is 0 Å². The average molecular weight is 716 g/mol. The maximum absolute atomic E-state index is 11.2. The zero-order valence-corrected chi connectivity index (χ0v) is 29.2. The number of hydrogen-bond donors (Lipinski definition) is 2. The van der Waals surface area contributed by atoms with Crippen molar-refractivity contribution in [1.29, 1.82) is 0 Å². The van der Waals surface area contributed by atoms with Gasteiger partial charge in [-0.05, 0) is 80.0 Å². The van der Waals surface area contributed by atoms with E-state index in [9.17, 15) is 21.9 Å². The molecular weight excluding hydrogens is 677 g/mol. The molecule has 0 aliphatic carbocycles. The van der Waals surface area contributed by atoms with E-state index in [0.717, 1.165) is 66.1 Å². The van der Waals surface area contributed by atoms with Crippen LogP contribution in [0, 0.1) is 0 Å². The molecule has 16 heteroatoms. The highest BCUT2D eigenvalue weighted by Gasteiger charge is 2.21. The Morgan fingerprint density at radius 2 is 1.37 bits per heavy atom. The van der Waals surface area contributed by atoms with Crippen LogP contribution in [0.15, 0.2) is 36.7 Å². The maximum atomic E-state index is 11.2. The lowest BCUT2D eigenvalue weighted by Crippen LogP contribution is -2.39. The van der Waals surface area contributed by atoms with Gasteiger partial charge in [-0.1, -0.05) is 35.4 Å². The van der Waals surface area contributed by atoms with Crippen LogP contribution in [0.1, 0.15) is 35.4 Å². The highest BCUT2D eigenvalue weighted by atomic mass is 35.5. The van der Waals surface area contributed by atoms with Crippen LogP contribution in [0.3, 0.4) is 0 Å². The van der Waals surface area contributed by atoms with E-state index in [1.807, 2.05) is 17.0 Å². The number of nitrogens with one attached hydrogen (secondary N) is 1. The van der Waals surface area contributed by atoms with Crippen LogP contribution >= 0.6 is 48.0 Å². The Morgan fingerprint density at radius 1 is 0.884 bits per heavy atom. The molecular formula is C27H39BCl4N4O5S2. The van der Waals surface area contributed by atoms with Crippen molar-refractivity contribution in [2.45, 2.75) is 32.5 Å². The molecule has 0 spiro atoms. The number of sulfone groups is 2. The zero-order valence-electron chi connectivity index (χ0n) is 24.4. The number of rotatable bonds is 9. The molecule has 0 amide bonds. The van der Waals surface area contributed by atoms with E-state index in [1.54, 1.807) is 25.3 Å². The Bertz CT molecular complexity index is 1510. The van der Waals surface area contributed by atoms with E-state index >= 15 is 0 Å². The molecule has 9 nitrogen and oxygen atoms in total. The fourth-order valence-corrected chi connectivity index (χ4v) is 6.22. The molecule has 0 saturated heterocycles. The summed E-state index contributed by atoms with van der Waals surface area (Å²) in [4.78, 5) is 10.7. The summed E-state index contributed by atoms with van der Waals surface area (Å²) < 4.78 is 44.7. The topological polar surface area (TPSA) is 130 Å². The maximum Gasteiger partial charge on any atom is 0.376 e. The average Bonchev–Trinajstić information content (AvgIpc) is 2.91. The number of aryl methyl sites for hydroxylation is 2. The molecule has 43 heavy (non-hydrogen) atoms. The molecule has 0 bridgehead atoms. The van der Waals surface area contributed by atoms with Crippen LogP contribution in [0.2, 0.25) is 16.9 Å². The molecule has 2 aromatic rings. The van der Waals surface area contributed by atoms with Gasteiger partial charge in [-0.3, -0.25) is 9.97 Å². The van der Waals surface area contributed by atoms with Crippen LogP contribution in [0.4, 0.5) is 0 Å². The minimum Gasteiger partial charge on any atom is -0.437 e. The van der Waals surface area contributed by atoms with Crippen molar-refractivity contribution in [1.82, 2.24) is 20.1 Å². The third kappa shape index (κ3) is 13.8. The van der Waals surface area contributed by atoms with Crippen molar-refractivity contribution in [2.75, 3.05) is 50.2 Å². The first kappa shape index (κ1) is 39.8. The van der Waals surface area contributed by atoms with Crippen molar-refractivity contribution in [3.63, 3.8) is 0 Å². The van der Waals surface area contributed by atoms with Crippen molar-refractivity contribution in [3.05, 3.63) is 69.2 Å². The molecule has 0 unspecified atom stereocenters. The summed E-state index contributed by atoms with van der Waals surface area (Å²) in [6.07, 6.45) is 12.5. The molecule has 2 aromatic heterocycles. The molecule has 2 aliphatic rings. The SMILES string of the molecule is CB(O)N1CC=C(c2ncc(CCS(C)(=O)=O)cc2Cl)CC1.CS(=O)(=O)CCc1cnc(C2=CCNCC2)c(Cl)c1.Cl.Cl. The normalized spacial score (nSPS) is 15.6. The second-order valence-corrected chi connectivity index (χ2v) is 15.7. The minimum absolute atomic E-state index is 0. The van der Waals surface area contributed by atoms with Gasteiger partial charge >= 0.3 is 7.05 Å². The first-order valence-electron chi connectivity index (χ1n) is 13.4. The lowest BCUT2D eigenvalue weighted by molar-refractivity contribution is 0.392. The first-order chi connectivity index (χ1) is 19.2. The lowest BCUT2D eigenvalue weighted by atomic mass is 9.83. The van der Waals surface area contributed by atoms with Crippen molar-refractivity contribution >= 4 is 85.9 Å². The van der Waals surface area contributed by atoms with Gasteiger partial charge in [0, 0.05) is 38.0 Å². The first-order valence-corrected chi connectivity index (χ1v) is 18.3. The molecule has 2 aliphatic heterocycles. The molecule has 240 valence electrons. The van der Waals surface area contributed by atoms with Gasteiger partial charge < -0.3 is 15.2 Å². The quantitative estimate of drug-likeness (QED) is 0.370. The molecule has 4 rings (SSSR count). The van der Waals surface area contributed by atoms with Crippen molar-refractivity contribution in [3.8, 4) is 0 Å². The van der Waals surface area contributed by atoms with Crippen LogP contribution in [-0.2, 0) is 32.5 Å². The number of hydrogen-bond acceptors (Lipinski definition) is 9. The minimum atomic E-state index is -2.99. The highest BCUT2D eigenvalue weighted by Crippen LogP contribution is 2.28. The number of halogens is 4. The van der Waals surface area contributed by atoms with Gasteiger partial charge in [-0.15, -0.1) is 24.8 Å². The molecule has 0 saturated carbocycles. The fourth-order valence-electron chi connectivity index (χ4n) is 4.38. The summed E-state index contributed by atoms with van der Waals surface area (Å²) in [6.45, 7) is 4.95. The van der Waals surface area contributed by atoms with E-state index in [4.69, 9.17) is 23.2 Å². The van der Waals surface area contributed by atoms with Gasteiger partial charge in [-0.2, -0.15) is 0 Å². The van der Waals surface area contributed by atoms with Crippen LogP contribution < -0.4 is 5.32 Å². The van der Waals surface area contributed by atoms with Crippen molar-refractivity contribution < 1.29 is 21.9 Å². The summed E-state index contributed by atoms with van der Waals surface area (Å²) in [5.74, 6) is 0.216. The van der Waals surface area contributed by atoms with Gasteiger partial charge in [0.25, 0.3) is 0 Å². The molecule has 0 radical (unpaired) electrons. The van der Waals surface area contributed by atoms with Crippen molar-refractivity contribution in [2.24, 2.45) is 0 Å².